The molecule has 2 aliphatic rings. The monoisotopic (exact) mass is 211 g/mol. The SMILES string of the molecule is CCCC(C)C1OCCC1CNC1CC1. The second-order valence-corrected chi connectivity index (χ2v) is 5.33. The van der Waals surface area contributed by atoms with Crippen molar-refractivity contribution in [2.75, 3.05) is 13.2 Å². The van der Waals surface area contributed by atoms with Crippen LogP contribution in [0, 0.1) is 11.8 Å². The molecule has 1 aliphatic heterocycles. The lowest BCUT2D eigenvalue weighted by molar-refractivity contribution is 0.0444. The lowest BCUT2D eigenvalue weighted by Crippen LogP contribution is -2.33. The number of nitrogens with one attached hydrogen (secondary N) is 1. The van der Waals surface area contributed by atoms with Crippen LogP contribution >= 0.6 is 0 Å². The number of rotatable bonds is 6. The summed E-state index contributed by atoms with van der Waals surface area (Å²) in [7, 11) is 0. The van der Waals surface area contributed by atoms with Gasteiger partial charge >= 0.3 is 0 Å². The summed E-state index contributed by atoms with van der Waals surface area (Å²) in [5, 5.41) is 3.65. The Morgan fingerprint density at radius 1 is 1.33 bits per heavy atom. The third-order valence-electron chi connectivity index (χ3n) is 3.81. The van der Waals surface area contributed by atoms with Gasteiger partial charge in [-0.1, -0.05) is 20.3 Å². The molecule has 3 atom stereocenters. The first kappa shape index (κ1) is 11.4. The van der Waals surface area contributed by atoms with E-state index >= 15 is 0 Å². The molecule has 1 heterocycles. The van der Waals surface area contributed by atoms with Gasteiger partial charge in [-0.2, -0.15) is 0 Å². The zero-order valence-electron chi connectivity index (χ0n) is 10.2. The fraction of sp³-hybridized carbons (Fsp3) is 1.00. The van der Waals surface area contributed by atoms with Crippen molar-refractivity contribution in [3.8, 4) is 0 Å². The van der Waals surface area contributed by atoms with Gasteiger partial charge in [0, 0.05) is 25.1 Å². The highest BCUT2D eigenvalue weighted by molar-refractivity contribution is 4.86. The highest BCUT2D eigenvalue weighted by Gasteiger charge is 2.33. The quantitative estimate of drug-likeness (QED) is 0.729. The Kier molecular flexibility index (Phi) is 4.04. The molecule has 0 aromatic heterocycles. The summed E-state index contributed by atoms with van der Waals surface area (Å²) in [5.41, 5.74) is 0. The molecule has 2 heteroatoms. The number of hydrogen-bond acceptors (Lipinski definition) is 2. The van der Waals surface area contributed by atoms with Crippen LogP contribution in [-0.4, -0.2) is 25.3 Å². The van der Waals surface area contributed by atoms with Crippen LogP contribution < -0.4 is 5.32 Å². The van der Waals surface area contributed by atoms with E-state index < -0.39 is 0 Å². The maximum absolute atomic E-state index is 5.89. The van der Waals surface area contributed by atoms with E-state index in [1.54, 1.807) is 0 Å². The summed E-state index contributed by atoms with van der Waals surface area (Å²) >= 11 is 0. The van der Waals surface area contributed by atoms with Gasteiger partial charge in [-0.25, -0.2) is 0 Å². The molecule has 15 heavy (non-hydrogen) atoms. The Bertz CT molecular complexity index is 191. The van der Waals surface area contributed by atoms with Crippen LogP contribution in [0.25, 0.3) is 0 Å². The fourth-order valence-corrected chi connectivity index (χ4v) is 2.73. The summed E-state index contributed by atoms with van der Waals surface area (Å²) in [6.45, 7) is 6.78. The van der Waals surface area contributed by atoms with Gasteiger partial charge in [0.25, 0.3) is 0 Å². The van der Waals surface area contributed by atoms with Gasteiger partial charge in [0.2, 0.25) is 0 Å². The van der Waals surface area contributed by atoms with E-state index in [1.165, 1.54) is 38.6 Å². The predicted molar refractivity (Wildman–Crippen MR) is 62.9 cm³/mol. The Morgan fingerprint density at radius 2 is 2.13 bits per heavy atom. The molecule has 2 nitrogen and oxygen atoms in total. The normalized spacial score (nSPS) is 33.2. The second kappa shape index (κ2) is 5.31. The van der Waals surface area contributed by atoms with Crippen LogP contribution in [0.1, 0.15) is 46.0 Å². The van der Waals surface area contributed by atoms with Crippen LogP contribution in [0.4, 0.5) is 0 Å². The molecule has 0 aromatic rings. The van der Waals surface area contributed by atoms with Crippen LogP contribution in [0.15, 0.2) is 0 Å². The van der Waals surface area contributed by atoms with Gasteiger partial charge < -0.3 is 10.1 Å². The van der Waals surface area contributed by atoms with Crippen LogP contribution in [0.5, 0.6) is 0 Å². The summed E-state index contributed by atoms with van der Waals surface area (Å²) in [6.07, 6.45) is 7.16. The lowest BCUT2D eigenvalue weighted by Gasteiger charge is -2.24. The van der Waals surface area contributed by atoms with E-state index in [4.69, 9.17) is 4.74 Å². The van der Waals surface area contributed by atoms with Crippen LogP contribution in [0.3, 0.4) is 0 Å². The molecule has 88 valence electrons. The molecule has 1 saturated carbocycles. The van der Waals surface area contributed by atoms with Crippen LogP contribution in [-0.2, 0) is 4.74 Å². The number of ether oxygens (including phenoxy) is 1. The molecular formula is C13H25NO. The van der Waals surface area contributed by atoms with Gasteiger partial charge in [-0.3, -0.25) is 0 Å². The Hall–Kier alpha value is -0.0800. The van der Waals surface area contributed by atoms with Gasteiger partial charge in [-0.15, -0.1) is 0 Å². The zero-order chi connectivity index (χ0) is 10.7. The molecule has 1 N–H and O–H groups in total. The van der Waals surface area contributed by atoms with Crippen molar-refractivity contribution in [2.45, 2.75) is 58.1 Å². The summed E-state index contributed by atoms with van der Waals surface area (Å²) < 4.78 is 5.89. The molecule has 0 spiro atoms. The van der Waals surface area contributed by atoms with E-state index in [-0.39, 0.29) is 0 Å². The third kappa shape index (κ3) is 3.18. The molecule has 1 aliphatic carbocycles. The van der Waals surface area contributed by atoms with E-state index in [9.17, 15) is 0 Å². The molecule has 0 bridgehead atoms. The molecule has 2 rings (SSSR count). The Labute approximate surface area is 93.8 Å². The molecule has 3 unspecified atom stereocenters. The summed E-state index contributed by atoms with van der Waals surface area (Å²) in [6, 6.07) is 0.840. The number of hydrogen-bond donors (Lipinski definition) is 1. The van der Waals surface area contributed by atoms with Gasteiger partial charge in [0.15, 0.2) is 0 Å². The van der Waals surface area contributed by atoms with Crippen molar-refractivity contribution in [3.05, 3.63) is 0 Å². The minimum absolute atomic E-state index is 0.524. The minimum Gasteiger partial charge on any atom is -0.378 e. The Morgan fingerprint density at radius 3 is 2.80 bits per heavy atom. The molecule has 1 saturated heterocycles. The zero-order valence-corrected chi connectivity index (χ0v) is 10.2. The minimum atomic E-state index is 0.524. The molecule has 2 fully saturated rings. The van der Waals surface area contributed by atoms with Gasteiger partial charge in [-0.05, 0) is 31.6 Å². The Balaban J connectivity index is 1.75. The van der Waals surface area contributed by atoms with Crippen molar-refractivity contribution in [1.29, 1.82) is 0 Å². The molecule has 0 radical (unpaired) electrons. The van der Waals surface area contributed by atoms with Crippen molar-refractivity contribution >= 4 is 0 Å². The van der Waals surface area contributed by atoms with Gasteiger partial charge in [0.05, 0.1) is 6.10 Å². The van der Waals surface area contributed by atoms with E-state index in [2.05, 4.69) is 19.2 Å². The first-order valence-corrected chi connectivity index (χ1v) is 6.66. The average Bonchev–Trinajstić information content (AvgIpc) is 2.93. The van der Waals surface area contributed by atoms with Crippen LogP contribution in [0.2, 0.25) is 0 Å². The topological polar surface area (TPSA) is 21.3 Å². The first-order valence-electron chi connectivity index (χ1n) is 6.66. The van der Waals surface area contributed by atoms with E-state index in [1.807, 2.05) is 0 Å². The van der Waals surface area contributed by atoms with E-state index in [0.717, 1.165) is 24.5 Å². The molecule has 0 aromatic carbocycles. The summed E-state index contributed by atoms with van der Waals surface area (Å²) in [5.74, 6) is 1.51. The van der Waals surface area contributed by atoms with Crippen molar-refractivity contribution < 1.29 is 4.74 Å². The molecular weight excluding hydrogens is 186 g/mol. The molecule has 0 amide bonds. The van der Waals surface area contributed by atoms with Gasteiger partial charge in [0.1, 0.15) is 0 Å². The standard InChI is InChI=1S/C13H25NO/c1-3-4-10(2)13-11(7-8-15-13)9-14-12-5-6-12/h10-14H,3-9H2,1-2H3. The second-order valence-electron chi connectivity index (χ2n) is 5.33. The summed E-state index contributed by atoms with van der Waals surface area (Å²) in [4.78, 5) is 0. The maximum Gasteiger partial charge on any atom is 0.0641 e. The average molecular weight is 211 g/mol. The smallest absolute Gasteiger partial charge is 0.0641 e. The van der Waals surface area contributed by atoms with E-state index in [0.29, 0.717) is 6.10 Å². The van der Waals surface area contributed by atoms with Crippen molar-refractivity contribution in [1.82, 2.24) is 5.32 Å². The van der Waals surface area contributed by atoms with Crippen molar-refractivity contribution in [3.63, 3.8) is 0 Å². The maximum atomic E-state index is 5.89. The largest absolute Gasteiger partial charge is 0.378 e. The highest BCUT2D eigenvalue weighted by Crippen LogP contribution is 2.29. The highest BCUT2D eigenvalue weighted by atomic mass is 16.5. The third-order valence-corrected chi connectivity index (χ3v) is 3.81. The van der Waals surface area contributed by atoms with Crippen molar-refractivity contribution in [2.24, 2.45) is 11.8 Å². The fourth-order valence-electron chi connectivity index (χ4n) is 2.73. The first-order chi connectivity index (χ1) is 7.31. The predicted octanol–water partition coefficient (Wildman–Crippen LogP) is 2.58. The lowest BCUT2D eigenvalue weighted by atomic mass is 9.89.